The maximum atomic E-state index is 13.0. The minimum Gasteiger partial charge on any atom is -0.493 e. The van der Waals surface area contributed by atoms with Gasteiger partial charge in [-0.05, 0) is 48.2 Å². The molecule has 4 aromatic carbocycles. The highest BCUT2D eigenvalue weighted by molar-refractivity contribution is 5.75. The molecule has 0 heterocycles. The van der Waals surface area contributed by atoms with Crippen LogP contribution in [0.4, 0.5) is 0 Å². The summed E-state index contributed by atoms with van der Waals surface area (Å²) < 4.78 is 16.7. The summed E-state index contributed by atoms with van der Waals surface area (Å²) in [7, 11) is 3.29. The normalized spacial score (nSPS) is 12.5. The molecular weight excluding hydrogens is 486 g/mol. The molecule has 0 amide bonds. The molecule has 0 aliphatic heterocycles. The molecule has 202 valence electrons. The lowest BCUT2D eigenvalue weighted by Crippen LogP contribution is -2.33. The zero-order valence-electron chi connectivity index (χ0n) is 23.2. The van der Waals surface area contributed by atoms with Crippen LogP contribution in [0.2, 0.25) is 0 Å². The number of rotatable bonds is 12. The first kappa shape index (κ1) is 27.9. The van der Waals surface area contributed by atoms with E-state index in [2.05, 4.69) is 78.6 Å². The Morgan fingerprint density at radius 1 is 0.795 bits per heavy atom. The summed E-state index contributed by atoms with van der Waals surface area (Å²) in [5.74, 6) is 1.13. The van der Waals surface area contributed by atoms with E-state index in [9.17, 15) is 4.79 Å². The van der Waals surface area contributed by atoms with Gasteiger partial charge >= 0.3 is 5.97 Å². The van der Waals surface area contributed by atoms with Crippen molar-refractivity contribution in [3.63, 3.8) is 0 Å². The van der Waals surface area contributed by atoms with E-state index >= 15 is 0 Å². The fourth-order valence-corrected chi connectivity index (χ4v) is 5.07. The van der Waals surface area contributed by atoms with Gasteiger partial charge in [-0.3, -0.25) is 9.69 Å². The molecule has 5 nitrogen and oxygen atoms in total. The summed E-state index contributed by atoms with van der Waals surface area (Å²) >= 11 is 0. The molecule has 0 unspecified atom stereocenters. The number of esters is 1. The van der Waals surface area contributed by atoms with Crippen LogP contribution in [0.25, 0.3) is 11.1 Å². The van der Waals surface area contributed by atoms with Crippen LogP contribution in [0.3, 0.4) is 0 Å². The van der Waals surface area contributed by atoms with Crippen molar-refractivity contribution in [2.45, 2.75) is 38.9 Å². The molecule has 0 aliphatic carbocycles. The summed E-state index contributed by atoms with van der Waals surface area (Å²) in [5.41, 5.74) is 5.32. The van der Waals surface area contributed by atoms with Gasteiger partial charge in [0.1, 0.15) is 0 Å². The predicted molar refractivity (Wildman–Crippen MR) is 156 cm³/mol. The Morgan fingerprint density at radius 3 is 2.13 bits per heavy atom. The van der Waals surface area contributed by atoms with E-state index < -0.39 is 0 Å². The topological polar surface area (TPSA) is 48.0 Å². The third-order valence-corrected chi connectivity index (χ3v) is 7.04. The SMILES string of the molecule is CCOC(=O)C[C@@H](c1cccc(-c2cccc(OC)c2OC)c1)N(Cc1ccccc1)[C@H](C)c1ccccc1. The van der Waals surface area contributed by atoms with E-state index in [0.29, 0.717) is 24.7 Å². The summed E-state index contributed by atoms with van der Waals surface area (Å²) in [4.78, 5) is 15.4. The van der Waals surface area contributed by atoms with Gasteiger partial charge in [-0.1, -0.05) is 91.0 Å². The smallest absolute Gasteiger partial charge is 0.307 e. The minimum absolute atomic E-state index is 0.0424. The lowest BCUT2D eigenvalue weighted by Gasteiger charge is -2.37. The Kier molecular flexibility index (Phi) is 9.76. The standard InChI is InChI=1S/C34H37NO4/c1-5-39-33(36)23-31(29-19-12-18-28(22-29)30-20-13-21-32(37-3)34(30)38-4)35(24-26-14-8-6-9-15-26)25(2)27-16-10-7-11-17-27/h6-22,25,31H,5,23-24H2,1-4H3/t25-,31+/m1/s1. The second-order valence-electron chi connectivity index (χ2n) is 9.44. The Morgan fingerprint density at radius 2 is 1.46 bits per heavy atom. The van der Waals surface area contributed by atoms with E-state index in [-0.39, 0.29) is 24.5 Å². The second kappa shape index (κ2) is 13.6. The third kappa shape index (κ3) is 6.87. The summed E-state index contributed by atoms with van der Waals surface area (Å²) in [6.45, 7) is 5.06. The highest BCUT2D eigenvalue weighted by Gasteiger charge is 2.29. The van der Waals surface area contributed by atoms with Gasteiger partial charge in [0.15, 0.2) is 11.5 Å². The largest absolute Gasteiger partial charge is 0.493 e. The molecule has 0 saturated carbocycles. The first-order chi connectivity index (χ1) is 19.0. The van der Waals surface area contributed by atoms with Gasteiger partial charge in [0.2, 0.25) is 0 Å². The van der Waals surface area contributed by atoms with E-state index in [1.165, 1.54) is 11.1 Å². The Hall–Kier alpha value is -4.09. The fraction of sp³-hybridized carbons (Fsp3) is 0.265. The molecule has 0 radical (unpaired) electrons. The van der Waals surface area contributed by atoms with Gasteiger partial charge in [0, 0.05) is 24.2 Å². The minimum atomic E-state index is -0.226. The van der Waals surface area contributed by atoms with Crippen LogP contribution < -0.4 is 9.47 Å². The fourth-order valence-electron chi connectivity index (χ4n) is 5.07. The van der Waals surface area contributed by atoms with Gasteiger partial charge < -0.3 is 14.2 Å². The van der Waals surface area contributed by atoms with E-state index in [0.717, 1.165) is 16.7 Å². The summed E-state index contributed by atoms with van der Waals surface area (Å²) in [5, 5.41) is 0. The van der Waals surface area contributed by atoms with Gasteiger partial charge in [-0.15, -0.1) is 0 Å². The average Bonchev–Trinajstić information content (AvgIpc) is 2.99. The lowest BCUT2D eigenvalue weighted by atomic mass is 9.93. The molecular formula is C34H37NO4. The van der Waals surface area contributed by atoms with Gasteiger partial charge in [0.25, 0.3) is 0 Å². The average molecular weight is 524 g/mol. The molecule has 0 fully saturated rings. The molecule has 39 heavy (non-hydrogen) atoms. The first-order valence-electron chi connectivity index (χ1n) is 13.4. The number of ether oxygens (including phenoxy) is 3. The molecule has 5 heteroatoms. The number of carbonyl (C=O) groups is 1. The number of carbonyl (C=O) groups excluding carboxylic acids is 1. The van der Waals surface area contributed by atoms with Crippen LogP contribution >= 0.6 is 0 Å². The molecule has 0 N–H and O–H groups in total. The van der Waals surface area contributed by atoms with Crippen LogP contribution in [0.15, 0.2) is 103 Å². The number of nitrogens with zero attached hydrogens (tertiary/aromatic N) is 1. The Bertz CT molecular complexity index is 1340. The quantitative estimate of drug-likeness (QED) is 0.179. The van der Waals surface area contributed by atoms with Crippen molar-refractivity contribution in [2.24, 2.45) is 0 Å². The maximum absolute atomic E-state index is 13.0. The van der Waals surface area contributed by atoms with Gasteiger partial charge in [0.05, 0.1) is 27.2 Å². The van der Waals surface area contributed by atoms with E-state index in [4.69, 9.17) is 14.2 Å². The summed E-state index contributed by atoms with van der Waals surface area (Å²) in [6.07, 6.45) is 0.233. The van der Waals surface area contributed by atoms with Crippen molar-refractivity contribution in [3.05, 3.63) is 120 Å². The van der Waals surface area contributed by atoms with Crippen molar-refractivity contribution in [1.82, 2.24) is 4.90 Å². The first-order valence-corrected chi connectivity index (χ1v) is 13.4. The van der Waals surface area contributed by atoms with E-state index in [1.807, 2.05) is 43.3 Å². The number of hydrogen-bond acceptors (Lipinski definition) is 5. The molecule has 0 aromatic heterocycles. The molecule has 0 aliphatic rings. The Balaban J connectivity index is 1.82. The predicted octanol–water partition coefficient (Wildman–Crippen LogP) is 7.63. The number of benzene rings is 4. The summed E-state index contributed by atoms with van der Waals surface area (Å²) in [6, 6.07) is 34.8. The zero-order chi connectivity index (χ0) is 27.6. The number of para-hydroxylation sites is 1. The lowest BCUT2D eigenvalue weighted by molar-refractivity contribution is -0.145. The van der Waals surface area contributed by atoms with Crippen molar-refractivity contribution in [3.8, 4) is 22.6 Å². The number of methoxy groups -OCH3 is 2. The second-order valence-corrected chi connectivity index (χ2v) is 9.44. The Labute approximate surface area is 232 Å². The third-order valence-electron chi connectivity index (χ3n) is 7.04. The van der Waals surface area contributed by atoms with Crippen molar-refractivity contribution >= 4 is 5.97 Å². The molecule has 4 aromatic rings. The molecule has 4 rings (SSSR count). The number of hydrogen-bond donors (Lipinski definition) is 0. The molecule has 0 saturated heterocycles. The van der Waals surface area contributed by atoms with E-state index in [1.54, 1.807) is 14.2 Å². The highest BCUT2D eigenvalue weighted by Crippen LogP contribution is 2.40. The van der Waals surface area contributed by atoms with Crippen LogP contribution in [-0.2, 0) is 16.1 Å². The molecule has 2 atom stereocenters. The monoisotopic (exact) mass is 523 g/mol. The van der Waals surface area contributed by atoms with Crippen molar-refractivity contribution < 1.29 is 19.0 Å². The highest BCUT2D eigenvalue weighted by atomic mass is 16.5. The maximum Gasteiger partial charge on any atom is 0.307 e. The van der Waals surface area contributed by atoms with Gasteiger partial charge in [-0.25, -0.2) is 0 Å². The van der Waals surface area contributed by atoms with Gasteiger partial charge in [-0.2, -0.15) is 0 Å². The van der Waals surface area contributed by atoms with Crippen LogP contribution in [0.5, 0.6) is 11.5 Å². The van der Waals surface area contributed by atoms with Crippen molar-refractivity contribution in [2.75, 3.05) is 20.8 Å². The molecule has 0 bridgehead atoms. The zero-order valence-corrected chi connectivity index (χ0v) is 23.2. The molecule has 0 spiro atoms. The van der Waals surface area contributed by atoms with Crippen molar-refractivity contribution in [1.29, 1.82) is 0 Å². The van der Waals surface area contributed by atoms with Crippen LogP contribution in [0.1, 0.15) is 49.0 Å². The van der Waals surface area contributed by atoms with Crippen LogP contribution in [-0.4, -0.2) is 31.7 Å². The van der Waals surface area contributed by atoms with Crippen LogP contribution in [0, 0.1) is 0 Å².